The van der Waals surface area contributed by atoms with Gasteiger partial charge in [0, 0.05) is 12.6 Å². The highest BCUT2D eigenvalue weighted by molar-refractivity contribution is 5.79. The molecule has 0 bridgehead atoms. The lowest BCUT2D eigenvalue weighted by Crippen LogP contribution is -2.41. The SMILES string of the molecule is CCC1OCCC1C(=O)NC1CCCNCC1. The van der Waals surface area contributed by atoms with Crippen molar-refractivity contribution in [2.45, 2.75) is 51.2 Å². The van der Waals surface area contributed by atoms with Crippen LogP contribution >= 0.6 is 0 Å². The first-order valence-corrected chi connectivity index (χ1v) is 6.94. The Kier molecular flexibility index (Phi) is 4.80. The summed E-state index contributed by atoms with van der Waals surface area (Å²) in [4.78, 5) is 12.2. The average Bonchev–Trinajstić information content (AvgIpc) is 2.68. The lowest BCUT2D eigenvalue weighted by atomic mass is 9.97. The van der Waals surface area contributed by atoms with Gasteiger partial charge in [-0.2, -0.15) is 0 Å². The molecule has 2 rings (SSSR count). The lowest BCUT2D eigenvalue weighted by molar-refractivity contribution is -0.127. The maximum atomic E-state index is 12.2. The van der Waals surface area contributed by atoms with Gasteiger partial charge in [-0.25, -0.2) is 0 Å². The summed E-state index contributed by atoms with van der Waals surface area (Å²) in [6, 6.07) is 0.357. The second kappa shape index (κ2) is 6.36. The molecular formula is C13H24N2O2. The van der Waals surface area contributed by atoms with Crippen molar-refractivity contribution in [2.24, 2.45) is 5.92 Å². The molecule has 2 heterocycles. The molecule has 2 aliphatic rings. The zero-order valence-electron chi connectivity index (χ0n) is 10.7. The number of nitrogens with one attached hydrogen (secondary N) is 2. The van der Waals surface area contributed by atoms with Crippen LogP contribution in [0.2, 0.25) is 0 Å². The highest BCUT2D eigenvalue weighted by atomic mass is 16.5. The van der Waals surface area contributed by atoms with E-state index in [2.05, 4.69) is 17.6 Å². The van der Waals surface area contributed by atoms with Crippen LogP contribution in [0, 0.1) is 5.92 Å². The van der Waals surface area contributed by atoms with Gasteiger partial charge in [-0.1, -0.05) is 6.92 Å². The van der Waals surface area contributed by atoms with Crippen LogP contribution in [-0.4, -0.2) is 37.7 Å². The van der Waals surface area contributed by atoms with Crippen LogP contribution in [0.5, 0.6) is 0 Å². The van der Waals surface area contributed by atoms with E-state index >= 15 is 0 Å². The summed E-state index contributed by atoms with van der Waals surface area (Å²) in [7, 11) is 0. The van der Waals surface area contributed by atoms with Gasteiger partial charge in [-0.3, -0.25) is 4.79 Å². The van der Waals surface area contributed by atoms with Crippen LogP contribution < -0.4 is 10.6 Å². The first-order chi connectivity index (χ1) is 8.31. The Balaban J connectivity index is 1.82. The molecule has 4 nitrogen and oxygen atoms in total. The van der Waals surface area contributed by atoms with Gasteiger partial charge in [0.1, 0.15) is 0 Å². The Hall–Kier alpha value is -0.610. The molecule has 0 aromatic carbocycles. The van der Waals surface area contributed by atoms with Gasteiger partial charge >= 0.3 is 0 Å². The standard InChI is InChI=1S/C13H24N2O2/c1-2-12-11(6-9-17-12)13(16)15-10-4-3-7-14-8-5-10/h10-12,14H,2-9H2,1H3,(H,15,16). The van der Waals surface area contributed by atoms with Crippen LogP contribution in [0.1, 0.15) is 39.0 Å². The lowest BCUT2D eigenvalue weighted by Gasteiger charge is -2.21. The quantitative estimate of drug-likeness (QED) is 0.775. The Bertz CT molecular complexity index is 250. The Labute approximate surface area is 103 Å². The van der Waals surface area contributed by atoms with Crippen molar-refractivity contribution in [3.63, 3.8) is 0 Å². The van der Waals surface area contributed by atoms with E-state index in [-0.39, 0.29) is 17.9 Å². The molecule has 0 radical (unpaired) electrons. The summed E-state index contributed by atoms with van der Waals surface area (Å²) in [6.07, 6.45) is 5.27. The third kappa shape index (κ3) is 3.42. The number of carbonyl (C=O) groups excluding carboxylic acids is 1. The second-order valence-electron chi connectivity index (χ2n) is 5.10. The molecule has 2 aliphatic heterocycles. The molecule has 4 heteroatoms. The molecule has 1 amide bonds. The van der Waals surface area contributed by atoms with E-state index in [1.165, 1.54) is 0 Å². The maximum absolute atomic E-state index is 12.2. The number of hydrogen-bond acceptors (Lipinski definition) is 3. The van der Waals surface area contributed by atoms with E-state index in [0.29, 0.717) is 6.04 Å². The molecule has 0 aromatic rings. The van der Waals surface area contributed by atoms with E-state index in [1.807, 2.05) is 0 Å². The van der Waals surface area contributed by atoms with E-state index < -0.39 is 0 Å². The largest absolute Gasteiger partial charge is 0.377 e. The molecule has 2 N–H and O–H groups in total. The van der Waals surface area contributed by atoms with Gasteiger partial charge in [0.2, 0.25) is 5.91 Å². The fraction of sp³-hybridized carbons (Fsp3) is 0.923. The molecule has 2 fully saturated rings. The minimum Gasteiger partial charge on any atom is -0.377 e. The third-order valence-electron chi connectivity index (χ3n) is 3.87. The van der Waals surface area contributed by atoms with E-state index in [9.17, 15) is 4.79 Å². The Morgan fingerprint density at radius 3 is 3.06 bits per heavy atom. The Morgan fingerprint density at radius 2 is 2.24 bits per heavy atom. The second-order valence-corrected chi connectivity index (χ2v) is 5.10. The molecule has 0 saturated carbocycles. The van der Waals surface area contributed by atoms with Crippen molar-refractivity contribution >= 4 is 5.91 Å². The number of ether oxygens (including phenoxy) is 1. The molecular weight excluding hydrogens is 216 g/mol. The normalized spacial score (nSPS) is 34.3. The summed E-state index contributed by atoms with van der Waals surface area (Å²) < 4.78 is 5.58. The van der Waals surface area contributed by atoms with Crippen molar-refractivity contribution in [3.05, 3.63) is 0 Å². The van der Waals surface area contributed by atoms with Crippen LogP contribution in [0.25, 0.3) is 0 Å². The minimum absolute atomic E-state index is 0.0798. The first-order valence-electron chi connectivity index (χ1n) is 6.94. The summed E-state index contributed by atoms with van der Waals surface area (Å²) in [5.41, 5.74) is 0. The van der Waals surface area contributed by atoms with Gasteiger partial charge < -0.3 is 15.4 Å². The van der Waals surface area contributed by atoms with Crippen molar-refractivity contribution in [1.82, 2.24) is 10.6 Å². The zero-order valence-corrected chi connectivity index (χ0v) is 10.7. The summed E-state index contributed by atoms with van der Waals surface area (Å²) >= 11 is 0. The molecule has 17 heavy (non-hydrogen) atoms. The molecule has 3 unspecified atom stereocenters. The number of rotatable bonds is 3. The zero-order chi connectivity index (χ0) is 12.1. The summed E-state index contributed by atoms with van der Waals surface area (Å²) in [5.74, 6) is 0.289. The molecule has 0 aliphatic carbocycles. The predicted molar refractivity (Wildman–Crippen MR) is 66.8 cm³/mol. The van der Waals surface area contributed by atoms with Crippen molar-refractivity contribution in [3.8, 4) is 0 Å². The van der Waals surface area contributed by atoms with Crippen molar-refractivity contribution < 1.29 is 9.53 Å². The third-order valence-corrected chi connectivity index (χ3v) is 3.87. The van der Waals surface area contributed by atoms with Gasteiger partial charge in [0.05, 0.1) is 12.0 Å². The summed E-state index contributed by atoms with van der Waals surface area (Å²) in [6.45, 7) is 4.93. The maximum Gasteiger partial charge on any atom is 0.226 e. The topological polar surface area (TPSA) is 50.4 Å². The van der Waals surface area contributed by atoms with Gasteiger partial charge in [-0.05, 0) is 45.2 Å². The average molecular weight is 240 g/mol. The molecule has 0 aromatic heterocycles. The molecule has 2 saturated heterocycles. The van der Waals surface area contributed by atoms with Gasteiger partial charge in [0.25, 0.3) is 0 Å². The number of amides is 1. The van der Waals surface area contributed by atoms with Crippen LogP contribution in [-0.2, 0) is 9.53 Å². The number of carbonyl (C=O) groups is 1. The van der Waals surface area contributed by atoms with Crippen molar-refractivity contribution in [1.29, 1.82) is 0 Å². The van der Waals surface area contributed by atoms with Crippen LogP contribution in [0.4, 0.5) is 0 Å². The number of hydrogen-bond donors (Lipinski definition) is 2. The van der Waals surface area contributed by atoms with Crippen molar-refractivity contribution in [2.75, 3.05) is 19.7 Å². The fourth-order valence-electron chi connectivity index (χ4n) is 2.82. The molecule has 3 atom stereocenters. The van der Waals surface area contributed by atoms with E-state index in [1.54, 1.807) is 0 Å². The van der Waals surface area contributed by atoms with E-state index in [4.69, 9.17) is 4.74 Å². The molecule has 98 valence electrons. The highest BCUT2D eigenvalue weighted by Crippen LogP contribution is 2.23. The Morgan fingerprint density at radius 1 is 1.35 bits per heavy atom. The summed E-state index contributed by atoms with van der Waals surface area (Å²) in [5, 5.41) is 6.57. The highest BCUT2D eigenvalue weighted by Gasteiger charge is 2.33. The van der Waals surface area contributed by atoms with Gasteiger partial charge in [-0.15, -0.1) is 0 Å². The van der Waals surface area contributed by atoms with E-state index in [0.717, 1.165) is 51.8 Å². The van der Waals surface area contributed by atoms with Crippen LogP contribution in [0.3, 0.4) is 0 Å². The predicted octanol–water partition coefficient (Wildman–Crippen LogP) is 1.06. The minimum atomic E-state index is 0.0798. The fourth-order valence-corrected chi connectivity index (χ4v) is 2.82. The monoisotopic (exact) mass is 240 g/mol. The van der Waals surface area contributed by atoms with Crippen LogP contribution in [0.15, 0.2) is 0 Å². The van der Waals surface area contributed by atoms with Gasteiger partial charge in [0.15, 0.2) is 0 Å². The molecule has 0 spiro atoms. The smallest absolute Gasteiger partial charge is 0.226 e. The first kappa shape index (κ1) is 12.8.